The second kappa shape index (κ2) is 10.3. The molecular formula is C27H29ClN2O3. The number of amides is 1. The summed E-state index contributed by atoms with van der Waals surface area (Å²) in [5.74, 6) is 1.24. The molecule has 1 aliphatic heterocycles. The summed E-state index contributed by atoms with van der Waals surface area (Å²) in [6, 6.07) is 19.6. The Morgan fingerprint density at radius 3 is 2.48 bits per heavy atom. The first-order valence-corrected chi connectivity index (χ1v) is 11.5. The molecule has 0 spiro atoms. The third-order valence-corrected chi connectivity index (χ3v) is 6.65. The zero-order chi connectivity index (χ0) is 23.4. The van der Waals surface area contributed by atoms with E-state index in [4.69, 9.17) is 21.1 Å². The van der Waals surface area contributed by atoms with Crippen molar-refractivity contribution in [1.82, 2.24) is 10.2 Å². The number of rotatable bonds is 7. The molecular weight excluding hydrogens is 436 g/mol. The second-order valence-electron chi connectivity index (χ2n) is 8.26. The molecule has 1 aliphatic rings. The molecule has 3 aromatic rings. The lowest BCUT2D eigenvalue weighted by atomic mass is 9.91. The highest BCUT2D eigenvalue weighted by atomic mass is 35.5. The molecule has 0 aliphatic carbocycles. The van der Waals surface area contributed by atoms with Crippen LogP contribution in [0.4, 0.5) is 0 Å². The van der Waals surface area contributed by atoms with Crippen molar-refractivity contribution in [2.75, 3.05) is 27.3 Å². The van der Waals surface area contributed by atoms with Gasteiger partial charge in [0.1, 0.15) is 0 Å². The lowest BCUT2D eigenvalue weighted by molar-refractivity contribution is 0.0926. The summed E-state index contributed by atoms with van der Waals surface area (Å²) in [6.07, 6.45) is 0.899. The van der Waals surface area contributed by atoms with Crippen LogP contribution in [0.15, 0.2) is 60.7 Å². The summed E-state index contributed by atoms with van der Waals surface area (Å²) in [4.78, 5) is 15.3. The van der Waals surface area contributed by atoms with Crippen LogP contribution in [0.1, 0.15) is 38.7 Å². The maximum Gasteiger partial charge on any atom is 0.252 e. The fourth-order valence-corrected chi connectivity index (χ4v) is 4.67. The molecule has 1 amide bonds. The van der Waals surface area contributed by atoms with Crippen LogP contribution in [0.25, 0.3) is 0 Å². The monoisotopic (exact) mass is 464 g/mol. The summed E-state index contributed by atoms with van der Waals surface area (Å²) in [6.45, 7) is 4.27. The van der Waals surface area contributed by atoms with E-state index in [-0.39, 0.29) is 11.9 Å². The van der Waals surface area contributed by atoms with E-state index in [1.54, 1.807) is 26.4 Å². The Balaban J connectivity index is 1.65. The van der Waals surface area contributed by atoms with Gasteiger partial charge in [0.2, 0.25) is 0 Å². The highest BCUT2D eigenvalue weighted by Gasteiger charge is 2.30. The zero-order valence-corrected chi connectivity index (χ0v) is 20.0. The van der Waals surface area contributed by atoms with Gasteiger partial charge in [-0.15, -0.1) is 0 Å². The van der Waals surface area contributed by atoms with Crippen LogP contribution in [-0.4, -0.2) is 38.1 Å². The molecule has 1 N–H and O–H groups in total. The second-order valence-corrected chi connectivity index (χ2v) is 8.67. The number of halogens is 1. The van der Waals surface area contributed by atoms with Gasteiger partial charge in [0.15, 0.2) is 11.5 Å². The van der Waals surface area contributed by atoms with Gasteiger partial charge < -0.3 is 14.8 Å². The van der Waals surface area contributed by atoms with E-state index >= 15 is 0 Å². The van der Waals surface area contributed by atoms with E-state index in [9.17, 15) is 4.79 Å². The molecule has 0 fully saturated rings. The van der Waals surface area contributed by atoms with Crippen LogP contribution >= 0.6 is 11.6 Å². The van der Waals surface area contributed by atoms with Crippen LogP contribution in [0, 0.1) is 6.92 Å². The van der Waals surface area contributed by atoms with Gasteiger partial charge in [-0.1, -0.05) is 48.0 Å². The Morgan fingerprint density at radius 2 is 1.76 bits per heavy atom. The minimum Gasteiger partial charge on any atom is -0.493 e. The number of hydrogen-bond acceptors (Lipinski definition) is 4. The van der Waals surface area contributed by atoms with Crippen molar-refractivity contribution in [3.8, 4) is 11.5 Å². The third-order valence-electron chi connectivity index (χ3n) is 6.32. The van der Waals surface area contributed by atoms with E-state index in [0.717, 1.165) is 30.8 Å². The first-order valence-electron chi connectivity index (χ1n) is 11.1. The van der Waals surface area contributed by atoms with Gasteiger partial charge >= 0.3 is 0 Å². The number of hydrogen-bond donors (Lipinski definition) is 1. The highest BCUT2D eigenvalue weighted by Crippen LogP contribution is 2.38. The Labute approximate surface area is 200 Å². The smallest absolute Gasteiger partial charge is 0.252 e. The van der Waals surface area contributed by atoms with Gasteiger partial charge in [0, 0.05) is 19.6 Å². The first-order chi connectivity index (χ1) is 16.0. The number of benzene rings is 3. The molecule has 1 atom stereocenters. The van der Waals surface area contributed by atoms with Crippen LogP contribution in [0.3, 0.4) is 0 Å². The summed E-state index contributed by atoms with van der Waals surface area (Å²) < 4.78 is 11.1. The number of methoxy groups -OCH3 is 2. The van der Waals surface area contributed by atoms with Crippen molar-refractivity contribution in [1.29, 1.82) is 0 Å². The quantitative estimate of drug-likeness (QED) is 0.522. The Kier molecular flexibility index (Phi) is 7.21. The van der Waals surface area contributed by atoms with Crippen molar-refractivity contribution >= 4 is 17.5 Å². The van der Waals surface area contributed by atoms with Gasteiger partial charge in [0.25, 0.3) is 5.91 Å². The largest absolute Gasteiger partial charge is 0.493 e. The Bertz CT molecular complexity index is 1150. The summed E-state index contributed by atoms with van der Waals surface area (Å²) in [5.41, 5.74) is 5.38. The predicted molar refractivity (Wildman–Crippen MR) is 131 cm³/mol. The number of fused-ring (bicyclic) bond motifs is 1. The molecule has 0 radical (unpaired) electrons. The van der Waals surface area contributed by atoms with E-state index in [2.05, 4.69) is 47.5 Å². The van der Waals surface area contributed by atoms with E-state index < -0.39 is 0 Å². The van der Waals surface area contributed by atoms with Crippen LogP contribution < -0.4 is 14.8 Å². The van der Waals surface area contributed by atoms with Gasteiger partial charge in [-0.2, -0.15) is 0 Å². The molecule has 0 saturated carbocycles. The molecule has 0 bridgehead atoms. The number of nitrogens with zero attached hydrogens (tertiary/aromatic N) is 1. The normalized spacial score (nSPS) is 15.6. The molecule has 0 aromatic heterocycles. The molecule has 5 nitrogen and oxygen atoms in total. The molecule has 3 aromatic carbocycles. The van der Waals surface area contributed by atoms with Crippen molar-refractivity contribution < 1.29 is 14.3 Å². The average molecular weight is 465 g/mol. The lowest BCUT2D eigenvalue weighted by Crippen LogP contribution is -2.42. The van der Waals surface area contributed by atoms with Crippen molar-refractivity contribution in [3.05, 3.63) is 93.5 Å². The van der Waals surface area contributed by atoms with Gasteiger partial charge in [-0.3, -0.25) is 9.69 Å². The van der Waals surface area contributed by atoms with Crippen molar-refractivity contribution in [2.24, 2.45) is 0 Å². The van der Waals surface area contributed by atoms with E-state index in [0.29, 0.717) is 22.9 Å². The first kappa shape index (κ1) is 23.1. The average Bonchev–Trinajstić information content (AvgIpc) is 2.83. The summed E-state index contributed by atoms with van der Waals surface area (Å²) in [7, 11) is 3.30. The maximum absolute atomic E-state index is 12.9. The fraction of sp³-hybridized carbons (Fsp3) is 0.296. The third kappa shape index (κ3) is 5.00. The minimum absolute atomic E-state index is 0.0143. The molecule has 0 unspecified atom stereocenters. The molecule has 6 heteroatoms. The molecule has 4 rings (SSSR count). The van der Waals surface area contributed by atoms with Gasteiger partial charge in [-0.05, 0) is 59.9 Å². The Morgan fingerprint density at radius 1 is 1.06 bits per heavy atom. The van der Waals surface area contributed by atoms with Crippen LogP contribution in [0.2, 0.25) is 5.02 Å². The molecule has 172 valence electrons. The topological polar surface area (TPSA) is 50.8 Å². The van der Waals surface area contributed by atoms with Gasteiger partial charge in [-0.25, -0.2) is 0 Å². The standard InChI is InChI=1S/C27H29ClN2O3/c1-18-8-4-5-9-20(18)17-30-13-12-19-14-25(32-2)26(33-3)15-22(19)24(30)16-29-27(31)21-10-6-7-11-23(21)28/h4-11,14-15,24H,12-13,16-17H2,1-3H3,(H,29,31)/t24-/m0/s1. The molecule has 0 saturated heterocycles. The van der Waals surface area contributed by atoms with Crippen LogP contribution in [-0.2, 0) is 13.0 Å². The summed E-state index contributed by atoms with van der Waals surface area (Å²) in [5, 5.41) is 3.56. The fourth-order valence-electron chi connectivity index (χ4n) is 4.44. The highest BCUT2D eigenvalue weighted by molar-refractivity contribution is 6.33. The van der Waals surface area contributed by atoms with E-state index in [1.165, 1.54) is 16.7 Å². The SMILES string of the molecule is COc1cc2c(cc1OC)[C@H](CNC(=O)c1ccccc1Cl)N(Cc1ccccc1C)CC2. The van der Waals surface area contributed by atoms with Crippen LogP contribution in [0.5, 0.6) is 11.5 Å². The Hall–Kier alpha value is -3.02. The predicted octanol–water partition coefficient (Wildman–Crippen LogP) is 5.20. The zero-order valence-electron chi connectivity index (χ0n) is 19.2. The molecule has 33 heavy (non-hydrogen) atoms. The lowest BCUT2D eigenvalue weighted by Gasteiger charge is -2.38. The summed E-state index contributed by atoms with van der Waals surface area (Å²) >= 11 is 6.25. The number of carbonyl (C=O) groups excluding carboxylic acids is 1. The number of nitrogens with one attached hydrogen (secondary N) is 1. The van der Waals surface area contributed by atoms with Gasteiger partial charge in [0.05, 0.1) is 30.8 Å². The van der Waals surface area contributed by atoms with Crippen molar-refractivity contribution in [2.45, 2.75) is 25.9 Å². The maximum atomic E-state index is 12.9. The number of carbonyl (C=O) groups is 1. The number of ether oxygens (including phenoxy) is 2. The minimum atomic E-state index is -0.177. The molecule has 1 heterocycles. The van der Waals surface area contributed by atoms with Crippen molar-refractivity contribution in [3.63, 3.8) is 0 Å². The van der Waals surface area contributed by atoms with E-state index in [1.807, 2.05) is 18.2 Å². The number of aryl methyl sites for hydroxylation is 1.